The van der Waals surface area contributed by atoms with Crippen molar-refractivity contribution in [1.29, 1.82) is 0 Å². The van der Waals surface area contributed by atoms with Crippen LogP contribution in [0, 0.1) is 6.92 Å². The van der Waals surface area contributed by atoms with E-state index in [1.165, 1.54) is 0 Å². The van der Waals surface area contributed by atoms with Crippen molar-refractivity contribution in [2.24, 2.45) is 0 Å². The molecule has 0 aliphatic carbocycles. The molecule has 0 saturated carbocycles. The van der Waals surface area contributed by atoms with E-state index in [1.807, 2.05) is 43.3 Å². The second-order valence-corrected chi connectivity index (χ2v) is 7.69. The largest absolute Gasteiger partial charge is 0.354 e. The van der Waals surface area contributed by atoms with Crippen molar-refractivity contribution in [3.63, 3.8) is 0 Å². The zero-order chi connectivity index (χ0) is 21.2. The van der Waals surface area contributed by atoms with Crippen LogP contribution in [0.4, 0.5) is 5.82 Å². The van der Waals surface area contributed by atoms with Crippen LogP contribution >= 0.6 is 0 Å². The predicted octanol–water partition coefficient (Wildman–Crippen LogP) is 2.41. The number of rotatable bonds is 4. The number of pyridine rings is 1. The second kappa shape index (κ2) is 8.23. The zero-order valence-electron chi connectivity index (χ0n) is 17.3. The molecule has 1 aliphatic heterocycles. The number of fused-ring (bicyclic) bond motifs is 1. The summed E-state index contributed by atoms with van der Waals surface area (Å²) in [5.74, 6) is 2.40. The third-order valence-electron chi connectivity index (χ3n) is 5.53. The second-order valence-electron chi connectivity index (χ2n) is 7.69. The molecule has 1 fully saturated rings. The van der Waals surface area contributed by atoms with Crippen LogP contribution in [-0.4, -0.2) is 56.0 Å². The molecule has 1 aliphatic rings. The summed E-state index contributed by atoms with van der Waals surface area (Å²) in [5, 5.41) is 0.625. The van der Waals surface area contributed by atoms with Gasteiger partial charge in [0.05, 0.1) is 23.1 Å². The fraction of sp³-hybridized carbons (Fsp3) is 0.261. The Morgan fingerprint density at radius 3 is 2.55 bits per heavy atom. The fourth-order valence-corrected chi connectivity index (χ4v) is 3.94. The smallest absolute Gasteiger partial charge is 0.258 e. The summed E-state index contributed by atoms with van der Waals surface area (Å²) in [7, 11) is 0. The van der Waals surface area contributed by atoms with E-state index >= 15 is 0 Å². The number of nitrogens with one attached hydrogen (secondary N) is 1. The lowest BCUT2D eigenvalue weighted by molar-refractivity contribution is 0.243. The highest BCUT2D eigenvalue weighted by molar-refractivity contribution is 5.77. The van der Waals surface area contributed by atoms with Gasteiger partial charge in [0.25, 0.3) is 5.56 Å². The Kier molecular flexibility index (Phi) is 5.13. The quantitative estimate of drug-likeness (QED) is 0.549. The van der Waals surface area contributed by atoms with E-state index in [4.69, 9.17) is 0 Å². The Labute approximate surface area is 179 Å². The molecule has 0 bridgehead atoms. The van der Waals surface area contributed by atoms with Gasteiger partial charge in [-0.15, -0.1) is 0 Å². The minimum absolute atomic E-state index is 0.0839. The van der Waals surface area contributed by atoms with Crippen LogP contribution in [0.5, 0.6) is 0 Å². The first kappa shape index (κ1) is 19.3. The lowest BCUT2D eigenvalue weighted by Gasteiger charge is -2.35. The van der Waals surface area contributed by atoms with Crippen molar-refractivity contribution in [3.05, 3.63) is 76.9 Å². The molecule has 5 rings (SSSR count). The lowest BCUT2D eigenvalue weighted by atomic mass is 10.2. The highest BCUT2D eigenvalue weighted by Gasteiger charge is 2.20. The highest BCUT2D eigenvalue weighted by Crippen LogP contribution is 2.22. The van der Waals surface area contributed by atoms with Gasteiger partial charge in [0, 0.05) is 50.2 Å². The molecule has 0 unspecified atom stereocenters. The van der Waals surface area contributed by atoms with Crippen LogP contribution in [0.15, 0.2) is 59.7 Å². The minimum Gasteiger partial charge on any atom is -0.354 e. The number of anilines is 1. The maximum Gasteiger partial charge on any atom is 0.258 e. The topological polar surface area (TPSA) is 90.9 Å². The number of hydrogen-bond donors (Lipinski definition) is 1. The maximum absolute atomic E-state index is 12.3. The average Bonchev–Trinajstić information content (AvgIpc) is 2.80. The van der Waals surface area contributed by atoms with E-state index in [-0.39, 0.29) is 5.56 Å². The molecule has 4 aromatic rings. The van der Waals surface area contributed by atoms with Crippen molar-refractivity contribution in [2.75, 3.05) is 31.1 Å². The van der Waals surface area contributed by atoms with Crippen LogP contribution in [0.1, 0.15) is 11.6 Å². The Morgan fingerprint density at radius 2 is 1.74 bits per heavy atom. The first-order valence-corrected chi connectivity index (χ1v) is 10.4. The Bertz CT molecular complexity index is 1260. The Balaban J connectivity index is 1.29. The van der Waals surface area contributed by atoms with E-state index in [1.54, 1.807) is 18.5 Å². The molecular formula is C23H23N7O. The van der Waals surface area contributed by atoms with E-state index in [0.29, 0.717) is 17.8 Å². The molecule has 8 nitrogen and oxygen atoms in total. The molecule has 0 amide bonds. The molecular weight excluding hydrogens is 390 g/mol. The normalized spacial score (nSPS) is 14.8. The van der Waals surface area contributed by atoms with Gasteiger partial charge in [-0.3, -0.25) is 14.7 Å². The van der Waals surface area contributed by atoms with Crippen molar-refractivity contribution in [2.45, 2.75) is 13.5 Å². The monoisotopic (exact) mass is 413 g/mol. The van der Waals surface area contributed by atoms with Crippen molar-refractivity contribution in [3.8, 4) is 11.3 Å². The van der Waals surface area contributed by atoms with Gasteiger partial charge in [0.15, 0.2) is 0 Å². The van der Waals surface area contributed by atoms with E-state index in [9.17, 15) is 4.79 Å². The summed E-state index contributed by atoms with van der Waals surface area (Å²) in [4.78, 5) is 37.8. The van der Waals surface area contributed by atoms with Gasteiger partial charge in [-0.05, 0) is 31.2 Å². The van der Waals surface area contributed by atoms with Crippen molar-refractivity contribution in [1.82, 2.24) is 29.8 Å². The molecule has 8 heteroatoms. The lowest BCUT2D eigenvalue weighted by Crippen LogP contribution is -2.46. The Hall–Kier alpha value is -3.65. The molecule has 0 radical (unpaired) electrons. The summed E-state index contributed by atoms with van der Waals surface area (Å²) in [6.45, 7) is 5.98. The number of aromatic nitrogens is 5. The predicted molar refractivity (Wildman–Crippen MR) is 120 cm³/mol. The number of benzene rings is 1. The number of aryl methyl sites for hydroxylation is 1. The third-order valence-corrected chi connectivity index (χ3v) is 5.53. The number of aromatic amines is 1. The van der Waals surface area contributed by atoms with E-state index in [0.717, 1.165) is 54.6 Å². The zero-order valence-corrected chi connectivity index (χ0v) is 17.3. The van der Waals surface area contributed by atoms with Gasteiger partial charge < -0.3 is 9.88 Å². The summed E-state index contributed by atoms with van der Waals surface area (Å²) in [5.41, 5.74) is 2.59. The summed E-state index contributed by atoms with van der Waals surface area (Å²) in [6.07, 6.45) is 3.55. The Morgan fingerprint density at radius 1 is 0.968 bits per heavy atom. The minimum atomic E-state index is -0.0839. The van der Waals surface area contributed by atoms with E-state index in [2.05, 4.69) is 34.7 Å². The number of para-hydroxylation sites is 1. The van der Waals surface area contributed by atoms with Crippen LogP contribution in [-0.2, 0) is 6.54 Å². The molecule has 0 spiro atoms. The maximum atomic E-state index is 12.3. The molecule has 156 valence electrons. The number of nitrogens with zero attached hydrogens (tertiary/aromatic N) is 6. The van der Waals surface area contributed by atoms with Crippen LogP contribution in [0.25, 0.3) is 22.2 Å². The van der Waals surface area contributed by atoms with Crippen LogP contribution in [0.3, 0.4) is 0 Å². The molecule has 0 atom stereocenters. The first-order chi connectivity index (χ1) is 15.2. The molecule has 4 heterocycles. The standard InChI is InChI=1S/C23H23N7O/c1-16-25-20(17-6-8-24-9-7-17)14-22(26-16)30-12-10-29(11-13-30)15-21-27-19-5-3-2-4-18(19)23(31)28-21/h2-9,14H,10-13,15H2,1H3,(H,27,28,31). The molecule has 3 aromatic heterocycles. The van der Waals surface area contributed by atoms with Gasteiger partial charge in [-0.2, -0.15) is 0 Å². The van der Waals surface area contributed by atoms with Gasteiger partial charge in [-0.25, -0.2) is 15.0 Å². The fourth-order valence-electron chi connectivity index (χ4n) is 3.94. The summed E-state index contributed by atoms with van der Waals surface area (Å²) < 4.78 is 0. The summed E-state index contributed by atoms with van der Waals surface area (Å²) >= 11 is 0. The third kappa shape index (κ3) is 4.15. The number of piperazine rings is 1. The van der Waals surface area contributed by atoms with Gasteiger partial charge in [-0.1, -0.05) is 12.1 Å². The average molecular weight is 413 g/mol. The molecule has 1 saturated heterocycles. The van der Waals surface area contributed by atoms with Gasteiger partial charge in [0.2, 0.25) is 0 Å². The van der Waals surface area contributed by atoms with E-state index < -0.39 is 0 Å². The van der Waals surface area contributed by atoms with Crippen molar-refractivity contribution >= 4 is 16.7 Å². The molecule has 1 aromatic carbocycles. The van der Waals surface area contributed by atoms with Crippen LogP contribution in [0.2, 0.25) is 0 Å². The number of H-pyrrole nitrogens is 1. The van der Waals surface area contributed by atoms with Crippen LogP contribution < -0.4 is 10.5 Å². The highest BCUT2D eigenvalue weighted by atomic mass is 16.1. The SMILES string of the molecule is Cc1nc(-c2ccncc2)cc(N2CCN(Cc3nc4ccccc4c(=O)[nH]3)CC2)n1. The van der Waals surface area contributed by atoms with Gasteiger partial charge >= 0.3 is 0 Å². The first-order valence-electron chi connectivity index (χ1n) is 10.4. The molecule has 1 N–H and O–H groups in total. The molecule has 31 heavy (non-hydrogen) atoms. The summed E-state index contributed by atoms with van der Waals surface area (Å²) in [6, 6.07) is 13.4. The van der Waals surface area contributed by atoms with Gasteiger partial charge in [0.1, 0.15) is 17.5 Å². The van der Waals surface area contributed by atoms with Crippen molar-refractivity contribution < 1.29 is 0 Å². The number of hydrogen-bond acceptors (Lipinski definition) is 7.